The van der Waals surface area contributed by atoms with Gasteiger partial charge in [-0.3, -0.25) is 5.10 Å². The Morgan fingerprint density at radius 2 is 1.96 bits per heavy atom. The zero-order chi connectivity index (χ0) is 19.8. The lowest BCUT2D eigenvalue weighted by molar-refractivity contribution is -0.137. The molecule has 0 amide bonds. The number of alkyl halides is 3. The Kier molecular flexibility index (Phi) is 5.21. The third-order valence-corrected chi connectivity index (χ3v) is 5.60. The van der Waals surface area contributed by atoms with Crippen LogP contribution in [0.15, 0.2) is 41.5 Å². The van der Waals surface area contributed by atoms with Crippen molar-refractivity contribution in [2.45, 2.75) is 58.7 Å². The lowest BCUT2D eigenvalue weighted by Gasteiger charge is -2.37. The summed E-state index contributed by atoms with van der Waals surface area (Å²) >= 11 is 0. The van der Waals surface area contributed by atoms with Crippen molar-refractivity contribution in [3.8, 4) is 11.3 Å². The molecule has 1 aromatic heterocycles. The first-order chi connectivity index (χ1) is 12.6. The molecule has 6 heteroatoms. The fraction of sp³-hybridized carbons (Fsp3) is 0.476. The molecule has 0 saturated carbocycles. The number of allylic oxidation sites excluding steroid dienone is 1. The minimum atomic E-state index is -4.37. The highest BCUT2D eigenvalue weighted by Crippen LogP contribution is 2.42. The lowest BCUT2D eigenvalue weighted by atomic mass is 9.70. The number of aryl methyl sites for hydroxylation is 1. The summed E-state index contributed by atoms with van der Waals surface area (Å²) in [5.74, 6) is 0. The number of hydrogen-bond acceptors (Lipinski definition) is 2. The van der Waals surface area contributed by atoms with Gasteiger partial charge < -0.3 is 5.11 Å². The van der Waals surface area contributed by atoms with Crippen LogP contribution in [0.5, 0.6) is 0 Å². The first-order valence-electron chi connectivity index (χ1n) is 9.18. The van der Waals surface area contributed by atoms with Crippen molar-refractivity contribution in [1.29, 1.82) is 0 Å². The third-order valence-electron chi connectivity index (χ3n) is 5.60. The predicted molar refractivity (Wildman–Crippen MR) is 99.1 cm³/mol. The molecule has 1 heterocycles. The molecule has 0 fully saturated rings. The van der Waals surface area contributed by atoms with Crippen LogP contribution in [0.4, 0.5) is 13.2 Å². The maximum Gasteiger partial charge on any atom is 0.416 e. The fourth-order valence-electron chi connectivity index (χ4n) is 3.89. The number of hydrogen-bond donors (Lipinski definition) is 2. The summed E-state index contributed by atoms with van der Waals surface area (Å²) in [5.41, 5.74) is 3.50. The molecular formula is C21H25F3N2O. The van der Waals surface area contributed by atoms with E-state index in [2.05, 4.69) is 24.0 Å². The second-order valence-corrected chi connectivity index (χ2v) is 7.96. The van der Waals surface area contributed by atoms with Gasteiger partial charge in [0.1, 0.15) is 0 Å². The second kappa shape index (κ2) is 7.15. The van der Waals surface area contributed by atoms with Gasteiger partial charge in [-0.15, -0.1) is 0 Å². The number of aromatic nitrogens is 2. The van der Waals surface area contributed by atoms with Gasteiger partial charge in [0.25, 0.3) is 0 Å². The molecule has 0 saturated heterocycles. The van der Waals surface area contributed by atoms with E-state index < -0.39 is 11.7 Å². The van der Waals surface area contributed by atoms with E-state index in [4.69, 9.17) is 0 Å². The zero-order valence-electron chi connectivity index (χ0n) is 15.8. The van der Waals surface area contributed by atoms with Gasteiger partial charge in [-0.2, -0.15) is 18.3 Å². The number of nitrogens with one attached hydrogen (secondary N) is 1. The summed E-state index contributed by atoms with van der Waals surface area (Å²) in [4.78, 5) is 0. The van der Waals surface area contributed by atoms with Gasteiger partial charge in [-0.25, -0.2) is 0 Å². The SMILES string of the molecule is CC1=C(CCc2cc(-c3cccc(C(F)(F)F)c3)n[nH]2)C(C)(C)CCC1O. The Morgan fingerprint density at radius 1 is 1.22 bits per heavy atom. The first kappa shape index (κ1) is 19.7. The van der Waals surface area contributed by atoms with Crippen molar-refractivity contribution >= 4 is 0 Å². The van der Waals surface area contributed by atoms with Crippen LogP contribution in [0.2, 0.25) is 0 Å². The molecule has 1 aliphatic rings. The van der Waals surface area contributed by atoms with Crippen LogP contribution in [0, 0.1) is 5.41 Å². The van der Waals surface area contributed by atoms with Gasteiger partial charge >= 0.3 is 6.18 Å². The summed E-state index contributed by atoms with van der Waals surface area (Å²) in [6.45, 7) is 6.37. The fourth-order valence-corrected chi connectivity index (χ4v) is 3.89. The van der Waals surface area contributed by atoms with Gasteiger partial charge in [0.2, 0.25) is 0 Å². The highest BCUT2D eigenvalue weighted by atomic mass is 19.4. The number of halogens is 3. The minimum Gasteiger partial charge on any atom is -0.389 e. The van der Waals surface area contributed by atoms with E-state index in [9.17, 15) is 18.3 Å². The summed E-state index contributed by atoms with van der Waals surface area (Å²) in [6.07, 6.45) is -1.53. The van der Waals surface area contributed by atoms with Gasteiger partial charge in [0.05, 0.1) is 17.4 Å². The molecule has 1 atom stereocenters. The van der Waals surface area contributed by atoms with E-state index in [1.807, 2.05) is 6.92 Å². The molecule has 3 nitrogen and oxygen atoms in total. The highest BCUT2D eigenvalue weighted by molar-refractivity contribution is 5.60. The van der Waals surface area contributed by atoms with Gasteiger partial charge in [0, 0.05) is 11.3 Å². The second-order valence-electron chi connectivity index (χ2n) is 7.96. The number of rotatable bonds is 4. The van der Waals surface area contributed by atoms with Crippen molar-refractivity contribution in [1.82, 2.24) is 10.2 Å². The van der Waals surface area contributed by atoms with E-state index in [-0.39, 0.29) is 11.5 Å². The Morgan fingerprint density at radius 3 is 2.67 bits per heavy atom. The van der Waals surface area contributed by atoms with Crippen LogP contribution < -0.4 is 0 Å². The van der Waals surface area contributed by atoms with Crippen molar-refractivity contribution < 1.29 is 18.3 Å². The van der Waals surface area contributed by atoms with Crippen LogP contribution in [0.3, 0.4) is 0 Å². The number of benzene rings is 1. The highest BCUT2D eigenvalue weighted by Gasteiger charge is 2.32. The van der Waals surface area contributed by atoms with E-state index in [1.165, 1.54) is 11.6 Å². The Labute approximate surface area is 157 Å². The Bertz CT molecular complexity index is 849. The van der Waals surface area contributed by atoms with Crippen molar-refractivity contribution in [3.63, 3.8) is 0 Å². The summed E-state index contributed by atoms with van der Waals surface area (Å²) in [5, 5.41) is 17.3. The lowest BCUT2D eigenvalue weighted by Crippen LogP contribution is -2.28. The molecule has 0 radical (unpaired) electrons. The quantitative estimate of drug-likeness (QED) is 0.688. The number of H-pyrrole nitrogens is 1. The monoisotopic (exact) mass is 378 g/mol. The van der Waals surface area contributed by atoms with Crippen LogP contribution in [-0.2, 0) is 12.6 Å². The van der Waals surface area contributed by atoms with Crippen molar-refractivity contribution in [3.05, 3.63) is 52.7 Å². The summed E-state index contributed by atoms with van der Waals surface area (Å²) < 4.78 is 38.7. The van der Waals surface area contributed by atoms with Crippen LogP contribution in [0.1, 0.15) is 51.3 Å². The van der Waals surface area contributed by atoms with Crippen LogP contribution in [-0.4, -0.2) is 21.4 Å². The van der Waals surface area contributed by atoms with Crippen molar-refractivity contribution in [2.75, 3.05) is 0 Å². The molecule has 1 aliphatic carbocycles. The molecule has 146 valence electrons. The normalized spacial score (nSPS) is 20.2. The number of aliphatic hydroxyl groups is 1. The first-order valence-corrected chi connectivity index (χ1v) is 9.18. The number of nitrogens with zero attached hydrogens (tertiary/aromatic N) is 1. The molecular weight excluding hydrogens is 353 g/mol. The summed E-state index contributed by atoms with van der Waals surface area (Å²) in [7, 11) is 0. The average molecular weight is 378 g/mol. The average Bonchev–Trinajstić information content (AvgIpc) is 3.07. The van der Waals surface area contributed by atoms with E-state index in [0.717, 1.165) is 42.7 Å². The molecule has 3 rings (SSSR count). The molecule has 0 bridgehead atoms. The topological polar surface area (TPSA) is 48.9 Å². The molecule has 2 aromatic rings. The minimum absolute atomic E-state index is 0.0488. The molecule has 27 heavy (non-hydrogen) atoms. The molecule has 2 N–H and O–H groups in total. The van der Waals surface area contributed by atoms with E-state index in [0.29, 0.717) is 17.7 Å². The molecule has 1 unspecified atom stereocenters. The maximum absolute atomic E-state index is 12.9. The maximum atomic E-state index is 12.9. The summed E-state index contributed by atoms with van der Waals surface area (Å²) in [6, 6.07) is 7.00. The molecule has 0 aliphatic heterocycles. The Balaban J connectivity index is 1.77. The number of aliphatic hydroxyl groups excluding tert-OH is 1. The van der Waals surface area contributed by atoms with Crippen LogP contribution >= 0.6 is 0 Å². The van der Waals surface area contributed by atoms with Crippen LogP contribution in [0.25, 0.3) is 11.3 Å². The third kappa shape index (κ3) is 4.26. The smallest absolute Gasteiger partial charge is 0.389 e. The molecule has 0 spiro atoms. The standard InChI is InChI=1S/C21H25F3N2O/c1-13-17(20(2,3)10-9-19(13)27)8-7-16-12-18(26-25-16)14-5-4-6-15(11-14)21(22,23)24/h4-6,11-12,19,27H,7-10H2,1-3H3,(H,25,26). The molecule has 1 aromatic carbocycles. The van der Waals surface area contributed by atoms with E-state index >= 15 is 0 Å². The van der Waals surface area contributed by atoms with Gasteiger partial charge in [0.15, 0.2) is 0 Å². The predicted octanol–water partition coefficient (Wildman–Crippen LogP) is 5.53. The van der Waals surface area contributed by atoms with Gasteiger partial charge in [-0.1, -0.05) is 31.6 Å². The largest absolute Gasteiger partial charge is 0.416 e. The zero-order valence-corrected chi connectivity index (χ0v) is 15.8. The van der Waals surface area contributed by atoms with E-state index in [1.54, 1.807) is 12.1 Å². The van der Waals surface area contributed by atoms with Gasteiger partial charge in [-0.05, 0) is 61.8 Å². The Hall–Kier alpha value is -2.08. The number of aromatic amines is 1. The van der Waals surface area contributed by atoms with Crippen molar-refractivity contribution in [2.24, 2.45) is 5.41 Å².